The smallest absolute Gasteiger partial charge is 0.227 e. The third-order valence-corrected chi connectivity index (χ3v) is 3.87. The van der Waals surface area contributed by atoms with Crippen molar-refractivity contribution in [2.75, 3.05) is 5.32 Å². The average Bonchev–Trinajstić information content (AvgIpc) is 3.06. The molecule has 1 aromatic heterocycles. The molecular formula is C20H15FN2O. The van der Waals surface area contributed by atoms with E-state index >= 15 is 0 Å². The van der Waals surface area contributed by atoms with Crippen LogP contribution >= 0.6 is 0 Å². The summed E-state index contributed by atoms with van der Waals surface area (Å²) in [6, 6.07) is 22.2. The minimum Gasteiger partial charge on any atom is -0.436 e. The van der Waals surface area contributed by atoms with Gasteiger partial charge in [-0.3, -0.25) is 0 Å². The number of rotatable bonds is 4. The molecule has 0 saturated carbocycles. The van der Waals surface area contributed by atoms with Gasteiger partial charge >= 0.3 is 0 Å². The molecule has 0 saturated heterocycles. The Morgan fingerprint density at radius 2 is 1.62 bits per heavy atom. The summed E-state index contributed by atoms with van der Waals surface area (Å²) in [6.45, 7) is 0.439. The molecule has 24 heavy (non-hydrogen) atoms. The number of nitrogens with one attached hydrogen (secondary N) is 1. The summed E-state index contributed by atoms with van der Waals surface area (Å²) in [6.07, 6.45) is 0. The Morgan fingerprint density at radius 3 is 2.42 bits per heavy atom. The van der Waals surface area contributed by atoms with Gasteiger partial charge in [0.1, 0.15) is 11.3 Å². The van der Waals surface area contributed by atoms with E-state index in [1.165, 1.54) is 6.07 Å². The van der Waals surface area contributed by atoms with Crippen LogP contribution in [0.2, 0.25) is 0 Å². The first-order valence-corrected chi connectivity index (χ1v) is 7.73. The minimum absolute atomic E-state index is 0.201. The van der Waals surface area contributed by atoms with Gasteiger partial charge in [-0.1, -0.05) is 30.3 Å². The monoisotopic (exact) mass is 318 g/mol. The van der Waals surface area contributed by atoms with Crippen LogP contribution in [0, 0.1) is 5.82 Å². The normalized spacial score (nSPS) is 10.9. The molecular weight excluding hydrogens is 303 g/mol. The number of halogens is 1. The number of nitrogens with zero attached hydrogens (tertiary/aromatic N) is 1. The van der Waals surface area contributed by atoms with E-state index in [9.17, 15) is 4.39 Å². The van der Waals surface area contributed by atoms with Crippen molar-refractivity contribution in [3.05, 3.63) is 84.2 Å². The molecule has 0 aliphatic carbocycles. The number of para-hydroxylation sites is 2. The van der Waals surface area contributed by atoms with Gasteiger partial charge in [0, 0.05) is 23.4 Å². The molecule has 3 aromatic carbocycles. The van der Waals surface area contributed by atoms with Crippen LogP contribution in [0.4, 0.5) is 10.1 Å². The van der Waals surface area contributed by atoms with E-state index in [1.807, 2.05) is 54.6 Å². The molecule has 4 rings (SSSR count). The maximum absolute atomic E-state index is 13.6. The lowest BCUT2D eigenvalue weighted by atomic mass is 10.2. The summed E-state index contributed by atoms with van der Waals surface area (Å²) in [5.74, 6) is 0.393. The van der Waals surface area contributed by atoms with E-state index in [0.29, 0.717) is 18.0 Å². The summed E-state index contributed by atoms with van der Waals surface area (Å²) in [4.78, 5) is 4.48. The van der Waals surface area contributed by atoms with Crippen LogP contribution in [0.3, 0.4) is 0 Å². The molecule has 0 aliphatic rings. The lowest BCUT2D eigenvalue weighted by Gasteiger charge is -2.07. The highest BCUT2D eigenvalue weighted by molar-refractivity contribution is 5.76. The molecule has 118 valence electrons. The predicted molar refractivity (Wildman–Crippen MR) is 93.2 cm³/mol. The highest BCUT2D eigenvalue weighted by Gasteiger charge is 2.07. The molecule has 0 fully saturated rings. The van der Waals surface area contributed by atoms with E-state index in [0.717, 1.165) is 22.4 Å². The van der Waals surface area contributed by atoms with Crippen LogP contribution in [-0.2, 0) is 6.54 Å². The largest absolute Gasteiger partial charge is 0.436 e. The van der Waals surface area contributed by atoms with Crippen molar-refractivity contribution < 1.29 is 8.81 Å². The van der Waals surface area contributed by atoms with E-state index in [2.05, 4.69) is 10.3 Å². The maximum Gasteiger partial charge on any atom is 0.227 e. The Hall–Kier alpha value is -3.14. The second kappa shape index (κ2) is 6.16. The first kappa shape index (κ1) is 14.5. The zero-order chi connectivity index (χ0) is 16.4. The van der Waals surface area contributed by atoms with Crippen molar-refractivity contribution in [3.8, 4) is 11.5 Å². The van der Waals surface area contributed by atoms with Gasteiger partial charge in [0.15, 0.2) is 5.58 Å². The Kier molecular flexibility index (Phi) is 3.71. The fraction of sp³-hybridized carbons (Fsp3) is 0.0500. The maximum atomic E-state index is 13.6. The third kappa shape index (κ3) is 2.86. The van der Waals surface area contributed by atoms with Crippen LogP contribution in [0.25, 0.3) is 22.6 Å². The fourth-order valence-corrected chi connectivity index (χ4v) is 2.57. The number of hydrogen-bond acceptors (Lipinski definition) is 3. The quantitative estimate of drug-likeness (QED) is 0.559. The molecule has 0 amide bonds. The molecule has 3 nitrogen and oxygen atoms in total. The van der Waals surface area contributed by atoms with Crippen molar-refractivity contribution in [2.24, 2.45) is 0 Å². The Morgan fingerprint density at radius 1 is 0.875 bits per heavy atom. The number of hydrogen-bond donors (Lipinski definition) is 1. The van der Waals surface area contributed by atoms with Crippen molar-refractivity contribution in [2.45, 2.75) is 6.54 Å². The lowest BCUT2D eigenvalue weighted by Crippen LogP contribution is -2.01. The van der Waals surface area contributed by atoms with Crippen molar-refractivity contribution in [1.82, 2.24) is 4.98 Å². The number of anilines is 1. The number of oxazole rings is 1. The first-order chi connectivity index (χ1) is 11.8. The van der Waals surface area contributed by atoms with Gasteiger partial charge in [0.05, 0.1) is 0 Å². The van der Waals surface area contributed by atoms with E-state index in [4.69, 9.17) is 4.42 Å². The highest BCUT2D eigenvalue weighted by Crippen LogP contribution is 2.25. The summed E-state index contributed by atoms with van der Waals surface area (Å²) >= 11 is 0. The second-order valence-electron chi connectivity index (χ2n) is 5.51. The lowest BCUT2D eigenvalue weighted by molar-refractivity contribution is 0.613. The zero-order valence-corrected chi connectivity index (χ0v) is 12.9. The van der Waals surface area contributed by atoms with Gasteiger partial charge in [0.25, 0.3) is 0 Å². The van der Waals surface area contributed by atoms with Gasteiger partial charge in [0.2, 0.25) is 5.89 Å². The molecule has 1 N–H and O–H groups in total. The SMILES string of the molecule is Fc1ccccc1CNc1ccc(-c2nc3ccccc3o2)cc1. The summed E-state index contributed by atoms with van der Waals surface area (Å²) in [5, 5.41) is 3.22. The van der Waals surface area contributed by atoms with E-state index in [1.54, 1.807) is 12.1 Å². The van der Waals surface area contributed by atoms with Crippen molar-refractivity contribution in [1.29, 1.82) is 0 Å². The molecule has 0 aliphatic heterocycles. The molecule has 4 aromatic rings. The summed E-state index contributed by atoms with van der Waals surface area (Å²) < 4.78 is 19.4. The second-order valence-corrected chi connectivity index (χ2v) is 5.51. The molecule has 1 heterocycles. The van der Waals surface area contributed by atoms with Crippen LogP contribution in [0.1, 0.15) is 5.56 Å². The topological polar surface area (TPSA) is 38.1 Å². The average molecular weight is 318 g/mol. The van der Waals surface area contributed by atoms with Crippen molar-refractivity contribution >= 4 is 16.8 Å². The Bertz CT molecular complexity index is 943. The zero-order valence-electron chi connectivity index (χ0n) is 12.9. The molecule has 0 spiro atoms. The Labute approximate surface area is 138 Å². The summed E-state index contributed by atoms with van der Waals surface area (Å²) in [5.41, 5.74) is 4.07. The van der Waals surface area contributed by atoms with Crippen LogP contribution in [-0.4, -0.2) is 4.98 Å². The van der Waals surface area contributed by atoms with Gasteiger partial charge < -0.3 is 9.73 Å². The fourth-order valence-electron chi connectivity index (χ4n) is 2.57. The van der Waals surface area contributed by atoms with E-state index < -0.39 is 0 Å². The van der Waals surface area contributed by atoms with Gasteiger partial charge in [-0.25, -0.2) is 9.37 Å². The van der Waals surface area contributed by atoms with E-state index in [-0.39, 0.29) is 5.82 Å². The predicted octanol–water partition coefficient (Wildman–Crippen LogP) is 5.25. The third-order valence-electron chi connectivity index (χ3n) is 3.87. The van der Waals surface area contributed by atoms with Gasteiger partial charge in [-0.15, -0.1) is 0 Å². The van der Waals surface area contributed by atoms with Crippen LogP contribution in [0.5, 0.6) is 0 Å². The van der Waals surface area contributed by atoms with Gasteiger partial charge in [-0.05, 0) is 42.5 Å². The molecule has 4 heteroatoms. The Balaban J connectivity index is 1.51. The van der Waals surface area contributed by atoms with Gasteiger partial charge in [-0.2, -0.15) is 0 Å². The standard InChI is InChI=1S/C20H15FN2O/c21-17-6-2-1-5-15(17)13-22-16-11-9-14(10-12-16)20-23-18-7-3-4-8-19(18)24-20/h1-12,22H,13H2. The minimum atomic E-state index is -0.201. The number of benzene rings is 3. The van der Waals surface area contributed by atoms with Crippen molar-refractivity contribution in [3.63, 3.8) is 0 Å². The van der Waals surface area contributed by atoms with Crippen LogP contribution in [0.15, 0.2) is 77.2 Å². The molecule has 0 radical (unpaired) electrons. The highest BCUT2D eigenvalue weighted by atomic mass is 19.1. The molecule has 0 bridgehead atoms. The molecule has 0 unspecified atom stereocenters. The first-order valence-electron chi connectivity index (χ1n) is 7.73. The molecule has 0 atom stereocenters. The summed E-state index contributed by atoms with van der Waals surface area (Å²) in [7, 11) is 0. The number of aromatic nitrogens is 1. The van der Waals surface area contributed by atoms with Crippen LogP contribution < -0.4 is 5.32 Å². The number of fused-ring (bicyclic) bond motifs is 1.